The second kappa shape index (κ2) is 8.53. The van der Waals surface area contributed by atoms with Gasteiger partial charge in [0.2, 0.25) is 10.0 Å². The zero-order valence-electron chi connectivity index (χ0n) is 15.5. The third-order valence-corrected chi connectivity index (χ3v) is 5.82. The fourth-order valence-corrected chi connectivity index (χ4v) is 4.21. The van der Waals surface area contributed by atoms with E-state index in [9.17, 15) is 18.0 Å². The molecule has 2 aromatic carbocycles. The Morgan fingerprint density at radius 3 is 2.43 bits per heavy atom. The van der Waals surface area contributed by atoms with Gasteiger partial charge in [0.1, 0.15) is 12.6 Å². The van der Waals surface area contributed by atoms with Crippen molar-refractivity contribution < 1.29 is 22.7 Å². The summed E-state index contributed by atoms with van der Waals surface area (Å²) in [6, 6.07) is 15.1. The topological polar surface area (TPSA) is 92.8 Å². The van der Waals surface area contributed by atoms with Gasteiger partial charge in [-0.05, 0) is 42.7 Å². The molecule has 1 aliphatic rings. The molecule has 28 heavy (non-hydrogen) atoms. The summed E-state index contributed by atoms with van der Waals surface area (Å²) >= 11 is 0. The first-order chi connectivity index (χ1) is 13.3. The monoisotopic (exact) mass is 402 g/mol. The maximum absolute atomic E-state index is 12.3. The van der Waals surface area contributed by atoms with E-state index in [1.807, 2.05) is 18.2 Å². The minimum absolute atomic E-state index is 0.0213. The fraction of sp³-hybridized carbons (Fsp3) is 0.300. The van der Waals surface area contributed by atoms with E-state index in [1.54, 1.807) is 36.4 Å². The number of esters is 1. The molecule has 1 unspecified atom stereocenters. The van der Waals surface area contributed by atoms with Crippen molar-refractivity contribution in [1.82, 2.24) is 4.31 Å². The Balaban J connectivity index is 1.56. The highest BCUT2D eigenvalue weighted by molar-refractivity contribution is 7.88. The number of nitrogens with one attached hydrogen (secondary N) is 1. The third-order valence-electron chi connectivity index (χ3n) is 4.53. The lowest BCUT2D eigenvalue weighted by molar-refractivity contribution is -0.148. The van der Waals surface area contributed by atoms with Crippen LogP contribution in [-0.2, 0) is 26.2 Å². The summed E-state index contributed by atoms with van der Waals surface area (Å²) in [5.74, 6) is -0.779. The van der Waals surface area contributed by atoms with Gasteiger partial charge in [-0.3, -0.25) is 9.59 Å². The second-order valence-corrected chi connectivity index (χ2v) is 8.59. The molecule has 0 aromatic heterocycles. The van der Waals surface area contributed by atoms with Crippen LogP contribution in [-0.4, -0.2) is 43.4 Å². The Hall–Kier alpha value is -2.71. The van der Waals surface area contributed by atoms with Gasteiger partial charge < -0.3 is 10.1 Å². The van der Waals surface area contributed by atoms with E-state index >= 15 is 0 Å². The molecule has 1 saturated heterocycles. The number of carbonyl (C=O) groups excluding carboxylic acids is 2. The smallest absolute Gasteiger partial charge is 0.324 e. The highest BCUT2D eigenvalue weighted by atomic mass is 32.2. The molecule has 0 aliphatic carbocycles. The van der Waals surface area contributed by atoms with Crippen LogP contribution >= 0.6 is 0 Å². The number of anilines is 1. The maximum Gasteiger partial charge on any atom is 0.324 e. The van der Waals surface area contributed by atoms with E-state index in [-0.39, 0.29) is 12.5 Å². The Morgan fingerprint density at radius 1 is 1.11 bits per heavy atom. The van der Waals surface area contributed by atoms with Crippen molar-refractivity contribution in [3.8, 4) is 0 Å². The number of rotatable bonds is 6. The number of benzene rings is 2. The van der Waals surface area contributed by atoms with Crippen LogP contribution in [0.5, 0.6) is 0 Å². The first-order valence-electron chi connectivity index (χ1n) is 8.93. The van der Waals surface area contributed by atoms with E-state index in [2.05, 4.69) is 5.32 Å². The third kappa shape index (κ3) is 4.96. The number of carbonyl (C=O) groups is 2. The Labute approximate surface area is 164 Å². The van der Waals surface area contributed by atoms with Gasteiger partial charge in [0.25, 0.3) is 5.91 Å². The van der Waals surface area contributed by atoms with Crippen LogP contribution < -0.4 is 5.32 Å². The average molecular weight is 402 g/mol. The van der Waals surface area contributed by atoms with E-state index in [0.29, 0.717) is 36.2 Å². The lowest BCUT2D eigenvalue weighted by Crippen LogP contribution is -2.40. The quantitative estimate of drug-likeness (QED) is 0.749. The van der Waals surface area contributed by atoms with Gasteiger partial charge in [-0.2, -0.15) is 4.31 Å². The predicted octanol–water partition coefficient (Wildman–Crippen LogP) is 2.41. The molecule has 0 bridgehead atoms. The van der Waals surface area contributed by atoms with Crippen LogP contribution in [0.3, 0.4) is 0 Å². The highest BCUT2D eigenvalue weighted by Gasteiger charge is 2.37. The molecule has 1 amide bonds. The minimum atomic E-state index is -3.43. The van der Waals surface area contributed by atoms with Gasteiger partial charge in [0.05, 0.1) is 6.26 Å². The van der Waals surface area contributed by atoms with Crippen LogP contribution in [0, 0.1) is 0 Å². The number of ether oxygens (including phenoxy) is 1. The summed E-state index contributed by atoms with van der Waals surface area (Å²) in [6.45, 7) is 0.358. The van der Waals surface area contributed by atoms with Gasteiger partial charge in [0.15, 0.2) is 0 Å². The lowest BCUT2D eigenvalue weighted by atomic mass is 10.1. The molecule has 0 spiro atoms. The van der Waals surface area contributed by atoms with Crippen molar-refractivity contribution >= 4 is 27.6 Å². The molecule has 1 heterocycles. The average Bonchev–Trinajstić information content (AvgIpc) is 3.18. The summed E-state index contributed by atoms with van der Waals surface area (Å²) in [6.07, 6.45) is 2.19. The largest absolute Gasteiger partial charge is 0.460 e. The van der Waals surface area contributed by atoms with Crippen molar-refractivity contribution in [3.05, 3.63) is 65.7 Å². The molecule has 148 valence electrons. The maximum atomic E-state index is 12.3. The molecule has 1 N–H and O–H groups in total. The van der Waals surface area contributed by atoms with Crippen molar-refractivity contribution in [2.45, 2.75) is 25.5 Å². The Bertz CT molecular complexity index is 942. The molecule has 0 radical (unpaired) electrons. The van der Waals surface area contributed by atoms with E-state index in [0.717, 1.165) is 6.26 Å². The number of amides is 1. The molecule has 3 rings (SSSR count). The zero-order valence-corrected chi connectivity index (χ0v) is 16.3. The zero-order chi connectivity index (χ0) is 20.1. The molecule has 0 saturated carbocycles. The predicted molar refractivity (Wildman–Crippen MR) is 105 cm³/mol. The van der Waals surface area contributed by atoms with Gasteiger partial charge >= 0.3 is 5.97 Å². The number of hydrogen-bond donors (Lipinski definition) is 1. The molecule has 1 atom stereocenters. The Morgan fingerprint density at radius 2 is 1.79 bits per heavy atom. The van der Waals surface area contributed by atoms with Crippen molar-refractivity contribution in [1.29, 1.82) is 0 Å². The lowest BCUT2D eigenvalue weighted by Gasteiger charge is -2.20. The van der Waals surface area contributed by atoms with Crippen molar-refractivity contribution in [2.24, 2.45) is 0 Å². The molecule has 2 aromatic rings. The summed E-state index contributed by atoms with van der Waals surface area (Å²) < 4.78 is 29.9. The molecular weight excluding hydrogens is 380 g/mol. The minimum Gasteiger partial charge on any atom is -0.460 e. The van der Waals surface area contributed by atoms with Crippen LogP contribution in [0.15, 0.2) is 54.6 Å². The molecule has 1 fully saturated rings. The van der Waals surface area contributed by atoms with Crippen LogP contribution in [0.1, 0.15) is 28.8 Å². The SMILES string of the molecule is CS(=O)(=O)N1CCCC1C(=O)OCc1ccc(C(=O)Nc2ccccc2)cc1. The summed E-state index contributed by atoms with van der Waals surface area (Å²) in [4.78, 5) is 24.5. The molecule has 1 aliphatic heterocycles. The summed E-state index contributed by atoms with van der Waals surface area (Å²) in [7, 11) is -3.43. The summed E-state index contributed by atoms with van der Waals surface area (Å²) in [5, 5.41) is 2.80. The first kappa shape index (κ1) is 20.0. The van der Waals surface area contributed by atoms with Gasteiger partial charge in [-0.25, -0.2) is 8.42 Å². The number of hydrogen-bond acceptors (Lipinski definition) is 5. The van der Waals surface area contributed by atoms with Gasteiger partial charge in [-0.1, -0.05) is 30.3 Å². The summed E-state index contributed by atoms with van der Waals surface area (Å²) in [5.41, 5.74) is 1.91. The Kier molecular flexibility index (Phi) is 6.11. The molecule has 8 heteroatoms. The van der Waals surface area contributed by atoms with Crippen molar-refractivity contribution in [2.75, 3.05) is 18.1 Å². The normalized spacial score (nSPS) is 17.2. The number of nitrogens with zero attached hydrogens (tertiary/aromatic N) is 1. The van der Waals surface area contributed by atoms with Gasteiger partial charge in [0, 0.05) is 17.8 Å². The number of para-hydroxylation sites is 1. The van der Waals surface area contributed by atoms with Crippen LogP contribution in [0.2, 0.25) is 0 Å². The molecule has 7 nitrogen and oxygen atoms in total. The highest BCUT2D eigenvalue weighted by Crippen LogP contribution is 2.22. The number of sulfonamides is 1. The van der Waals surface area contributed by atoms with Crippen LogP contribution in [0.4, 0.5) is 5.69 Å². The first-order valence-corrected chi connectivity index (χ1v) is 10.8. The van der Waals surface area contributed by atoms with Crippen LogP contribution in [0.25, 0.3) is 0 Å². The van der Waals surface area contributed by atoms with E-state index < -0.39 is 22.0 Å². The van der Waals surface area contributed by atoms with E-state index in [4.69, 9.17) is 4.74 Å². The second-order valence-electron chi connectivity index (χ2n) is 6.66. The van der Waals surface area contributed by atoms with Crippen molar-refractivity contribution in [3.63, 3.8) is 0 Å². The van der Waals surface area contributed by atoms with E-state index in [1.165, 1.54) is 4.31 Å². The fourth-order valence-electron chi connectivity index (χ4n) is 3.10. The van der Waals surface area contributed by atoms with Gasteiger partial charge in [-0.15, -0.1) is 0 Å². The standard InChI is InChI=1S/C20H22N2O5S/c1-28(25,26)22-13-5-8-18(22)20(24)27-14-15-9-11-16(12-10-15)19(23)21-17-6-3-2-4-7-17/h2-4,6-7,9-12,18H,5,8,13-14H2,1H3,(H,21,23). The molecular formula is C20H22N2O5S.